The third kappa shape index (κ3) is 38.6. The molecule has 41 heteroatoms. The van der Waals surface area contributed by atoms with Crippen LogP contribution in [0.15, 0.2) is 78.9 Å². The molecule has 14 atom stereocenters. The average molecular weight is 1780 g/mol. The minimum atomic E-state index is -1.53. The second-order valence-electron chi connectivity index (χ2n) is 32.8. The van der Waals surface area contributed by atoms with Crippen molar-refractivity contribution < 1.29 is 101 Å². The molecule has 127 heavy (non-hydrogen) atoms. The highest BCUT2D eigenvalue weighted by atomic mass is 16.5. The molecule has 0 fully saturated rings. The van der Waals surface area contributed by atoms with Crippen molar-refractivity contribution in [2.75, 3.05) is 38.6 Å². The van der Waals surface area contributed by atoms with Crippen molar-refractivity contribution in [3.63, 3.8) is 0 Å². The Hall–Kier alpha value is -12.2. The Kier molecular flexibility index (Phi) is 47.2. The van der Waals surface area contributed by atoms with Crippen LogP contribution < -0.4 is 113 Å². The molecule has 16 amide bonds. The molecule has 41 nitrogen and oxygen atoms in total. The number of unbranched alkanes of at least 4 members (excludes halogenated alkanes) is 2. The Bertz CT molecular complexity index is 4200. The van der Waals surface area contributed by atoms with E-state index in [1.807, 2.05) is 0 Å². The van der Waals surface area contributed by atoms with Crippen LogP contribution in [-0.4, -0.2) is 228 Å². The van der Waals surface area contributed by atoms with Crippen molar-refractivity contribution in [2.24, 2.45) is 46.6 Å². The quantitative estimate of drug-likeness (QED) is 0.0320. The van der Waals surface area contributed by atoms with E-state index in [0.717, 1.165) is 6.07 Å². The van der Waals surface area contributed by atoms with Crippen molar-refractivity contribution in [2.45, 2.75) is 263 Å². The van der Waals surface area contributed by atoms with Gasteiger partial charge in [0.25, 0.3) is 11.8 Å². The normalized spacial score (nSPS) is 23.9. The molecule has 26 N–H and O–H groups in total. The number of amides is 16. The van der Waals surface area contributed by atoms with Gasteiger partial charge in [0.2, 0.25) is 70.9 Å². The Balaban J connectivity index is 1.75. The van der Waals surface area contributed by atoms with Gasteiger partial charge in [0, 0.05) is 44.5 Å². The molecule has 702 valence electrons. The largest absolute Gasteiger partial charge is 0.496 e. The zero-order valence-corrected chi connectivity index (χ0v) is 74.0. The number of rotatable bonds is 26. The predicted molar refractivity (Wildman–Crippen MR) is 468 cm³/mol. The van der Waals surface area contributed by atoms with Crippen LogP contribution in [0, 0.1) is 23.7 Å². The first kappa shape index (κ1) is 107. The Morgan fingerprint density at radius 1 is 0.425 bits per heavy atom. The number of hydrogen-bond donors (Lipinski definition) is 22. The molecule has 0 saturated heterocycles. The average Bonchev–Trinajstić information content (AvgIpc) is 0.841. The van der Waals surface area contributed by atoms with Gasteiger partial charge in [0.05, 0.1) is 24.8 Å². The lowest BCUT2D eigenvalue weighted by molar-refractivity contribution is -0.139. The van der Waals surface area contributed by atoms with E-state index in [2.05, 4.69) is 85.3 Å². The van der Waals surface area contributed by atoms with Crippen LogP contribution in [0.2, 0.25) is 0 Å². The maximum Gasteiger partial charge on any atom is 0.313 e. The van der Waals surface area contributed by atoms with E-state index in [1.165, 1.54) is 26.2 Å². The number of fused-ring (bicyclic) bond motifs is 2. The van der Waals surface area contributed by atoms with E-state index in [-0.39, 0.29) is 126 Å². The van der Waals surface area contributed by atoms with E-state index in [4.69, 9.17) is 27.7 Å². The fourth-order valence-electron chi connectivity index (χ4n) is 13.4. The van der Waals surface area contributed by atoms with Gasteiger partial charge in [-0.3, -0.25) is 97.2 Å². The number of methoxy groups -OCH3 is 1. The SMILES string of the molecule is CC[C@H](C)[C@@H]1NC(=O)C(=O)Nc2ccc(OC)c(c2)C(=O)NNC(=O)[C@H](CC(C)C)NC(=O)[C@H](CCCCN)NC(=O)[C@@H](N)CCCNC(=O)[C@H](CCC(=O)O)NC(=O)[C@H](C)NC(=O)[C@H](Cc2ccccc2)NC(=O)[C@H](Cc2ccccc2)NC(=O)[C@H](C(C)C)NC(=O)[C@H](CC(C)C)NC(=O)[C@H](CCCCN)NC(=O)[C@@H](N)CCCNC(=O)[C@H](CCC(=O)O)NC1=O. The second kappa shape index (κ2) is 56.0. The maximum absolute atomic E-state index is 14.9. The number of nitrogens with one attached hydrogen (secondary N) is 16. The number of hydrazine groups is 1. The first-order chi connectivity index (χ1) is 60.2. The summed E-state index contributed by atoms with van der Waals surface area (Å²) < 4.78 is 5.39. The molecular weight excluding hydrogens is 1650 g/mol. The van der Waals surface area contributed by atoms with Crippen molar-refractivity contribution in [1.29, 1.82) is 0 Å². The summed E-state index contributed by atoms with van der Waals surface area (Å²) in [5.41, 5.74) is 29.5. The first-order valence-electron chi connectivity index (χ1n) is 43.1. The van der Waals surface area contributed by atoms with Crippen LogP contribution in [0.5, 0.6) is 5.75 Å². The fourth-order valence-corrected chi connectivity index (χ4v) is 13.4. The van der Waals surface area contributed by atoms with E-state index in [9.17, 15) is 96.5 Å². The molecule has 0 saturated carbocycles. The number of hydrogen-bond acceptors (Lipinski definition) is 23. The van der Waals surface area contributed by atoms with Crippen LogP contribution >= 0.6 is 0 Å². The van der Waals surface area contributed by atoms with Crippen LogP contribution in [0.25, 0.3) is 0 Å². The van der Waals surface area contributed by atoms with Crippen LogP contribution in [-0.2, 0) is 94.3 Å². The van der Waals surface area contributed by atoms with Gasteiger partial charge >= 0.3 is 23.8 Å². The zero-order chi connectivity index (χ0) is 94.6. The monoisotopic (exact) mass is 1780 g/mol. The molecule has 3 aromatic carbocycles. The Labute approximate surface area is 739 Å². The molecule has 2 bridgehead atoms. The number of ether oxygens (including phenoxy) is 1. The first-order valence-corrected chi connectivity index (χ1v) is 43.1. The molecule has 1 aliphatic heterocycles. The Morgan fingerprint density at radius 2 is 0.827 bits per heavy atom. The van der Waals surface area contributed by atoms with Crippen LogP contribution in [0.4, 0.5) is 5.69 Å². The number of carboxylic acids is 2. The topological polar surface area (TPSA) is 654 Å². The summed E-state index contributed by atoms with van der Waals surface area (Å²) in [5.74, 6) is -19.6. The van der Waals surface area contributed by atoms with Gasteiger partial charge in [-0.1, -0.05) is 122 Å². The van der Waals surface area contributed by atoms with Gasteiger partial charge in [0.15, 0.2) is 0 Å². The van der Waals surface area contributed by atoms with Gasteiger partial charge in [0.1, 0.15) is 72.2 Å². The van der Waals surface area contributed by atoms with E-state index < -0.39 is 223 Å². The highest BCUT2D eigenvalue weighted by molar-refractivity contribution is 6.40. The molecule has 1 aliphatic rings. The van der Waals surface area contributed by atoms with E-state index >= 15 is 0 Å². The summed E-state index contributed by atoms with van der Waals surface area (Å²) >= 11 is 0. The third-order valence-corrected chi connectivity index (χ3v) is 20.9. The summed E-state index contributed by atoms with van der Waals surface area (Å²) in [5, 5.41) is 55.8. The third-order valence-electron chi connectivity index (χ3n) is 20.9. The molecule has 0 aromatic heterocycles. The number of carbonyl (C=O) groups is 18. The van der Waals surface area contributed by atoms with Crippen molar-refractivity contribution in [3.8, 4) is 5.75 Å². The highest BCUT2D eigenvalue weighted by Gasteiger charge is 2.39. The van der Waals surface area contributed by atoms with Gasteiger partial charge in [-0.25, -0.2) is 0 Å². The summed E-state index contributed by atoms with van der Waals surface area (Å²) in [7, 11) is 1.22. The van der Waals surface area contributed by atoms with E-state index in [0.29, 0.717) is 36.8 Å². The van der Waals surface area contributed by atoms with Crippen molar-refractivity contribution in [1.82, 2.24) is 80.0 Å². The summed E-state index contributed by atoms with van der Waals surface area (Å²) in [6.45, 7) is 14.9. The smallest absolute Gasteiger partial charge is 0.313 e. The van der Waals surface area contributed by atoms with Crippen LogP contribution in [0.1, 0.15) is 193 Å². The number of carboxylic acid groups (broad SMARTS) is 2. The summed E-state index contributed by atoms with van der Waals surface area (Å²) in [6, 6.07) is 2.35. The van der Waals surface area contributed by atoms with Crippen LogP contribution in [0.3, 0.4) is 0 Å². The molecule has 4 rings (SSSR count). The standard InChI is InChI=1S/C86H132N20O21/c1-11-50(8)70-84(124)98-61(34-37-68(109)110)76(116)92-41-23-29-56(89)73(113)96-58(30-18-20-38-87)77(117)99-62(42-47(2)3)81(121)103-69(49(6)7)83(123)102-65(45-53-26-16-13-17-27-53)80(120)101-64(44-52-24-14-12-15-25-52)79(119)93-51(9)71(111)95-60(33-36-67(107)108)75(115)91-40-22-28-57(90)74(114)97-59(31-19-21-39-88)78(118)100-63(43-48(4)5)82(122)106-105-72(112)55-46-54(32-35-66(55)127-10)94-85(125)86(126)104-70/h12-17,24-27,32,35,46-51,56-65,69-70H,11,18-23,28-31,33-34,36-45,87-90H2,1-10H3,(H,91,115)(H,92,116)(H,93,119)(H,94,125)(H,95,111)(H,96,113)(H,97,114)(H,98,124)(H,99,117)(H,100,118)(H,101,120)(H,102,123)(H,103,121)(H,104,126)(H,105,112)(H,106,122)(H,107,108)(H,109,110)/t50-,51-,56-,57-,58-,59-,60-,61-,62-,63-,64-,65-,69-,70-/m0/s1. The Morgan fingerprint density at radius 3 is 1.27 bits per heavy atom. The molecule has 0 aliphatic carbocycles. The minimum Gasteiger partial charge on any atom is -0.496 e. The van der Waals surface area contributed by atoms with E-state index in [1.54, 1.807) is 116 Å². The number of anilines is 1. The highest BCUT2D eigenvalue weighted by Crippen LogP contribution is 2.24. The lowest BCUT2D eigenvalue weighted by Crippen LogP contribution is -2.61. The second-order valence-corrected chi connectivity index (χ2v) is 32.8. The zero-order valence-electron chi connectivity index (χ0n) is 74.0. The number of carbonyl (C=O) groups excluding carboxylic acids is 16. The van der Waals surface area contributed by atoms with Gasteiger partial charge in [-0.2, -0.15) is 0 Å². The fraction of sp³-hybridized carbons (Fsp3) is 0.581. The molecule has 1 heterocycles. The minimum absolute atomic E-state index is 0.00488. The number of aliphatic carboxylic acids is 2. The summed E-state index contributed by atoms with van der Waals surface area (Å²) in [6.07, 6.45) is -0.880. The number of benzene rings is 3. The predicted octanol–water partition coefficient (Wildman–Crippen LogP) is -1.52. The molecule has 0 unspecified atom stereocenters. The molecule has 0 radical (unpaired) electrons. The van der Waals surface area contributed by atoms with Gasteiger partial charge < -0.3 is 112 Å². The molecule has 3 aromatic rings. The number of nitrogens with two attached hydrogens (primary N) is 4. The lowest BCUT2D eigenvalue weighted by atomic mass is 9.97. The molecular formula is C86H132N20O21. The van der Waals surface area contributed by atoms with Gasteiger partial charge in [-0.05, 0) is 163 Å². The molecule has 0 spiro atoms. The van der Waals surface area contributed by atoms with Crippen molar-refractivity contribution in [3.05, 3.63) is 95.6 Å². The maximum atomic E-state index is 14.9. The lowest BCUT2D eigenvalue weighted by Gasteiger charge is -2.29. The van der Waals surface area contributed by atoms with Crippen molar-refractivity contribution >= 4 is 112 Å². The summed E-state index contributed by atoms with van der Waals surface area (Å²) in [4.78, 5) is 250. The van der Waals surface area contributed by atoms with Gasteiger partial charge in [-0.15, -0.1) is 0 Å².